The highest BCUT2D eigenvalue weighted by atomic mass is 16.5. The van der Waals surface area contributed by atoms with Crippen molar-refractivity contribution in [2.24, 2.45) is 22.7 Å². The van der Waals surface area contributed by atoms with Gasteiger partial charge in [-0.05, 0) is 55.1 Å². The number of aliphatic hydroxyl groups excluding tert-OH is 1. The van der Waals surface area contributed by atoms with Crippen LogP contribution in [-0.4, -0.2) is 36.9 Å². The summed E-state index contributed by atoms with van der Waals surface area (Å²) >= 11 is 0. The largest absolute Gasteiger partial charge is 0.472 e. The molecule has 1 aromatic rings. The molecule has 2 aliphatic rings. The SMILES string of the molecule is COC(=O)C1=CC[C@H](O)[C@@H]2[C@@](C)(CCc3ccoc3)[C@H](COC(C)=O)CC[C@@]12C. The lowest BCUT2D eigenvalue weighted by Crippen LogP contribution is -2.57. The highest BCUT2D eigenvalue weighted by Gasteiger charge is 2.59. The number of furan rings is 1. The third kappa shape index (κ3) is 4.00. The summed E-state index contributed by atoms with van der Waals surface area (Å²) in [6.07, 6.45) is 8.23. The molecule has 1 fully saturated rings. The number of carbonyl (C=O) groups is 2. The lowest BCUT2D eigenvalue weighted by molar-refractivity contribution is -0.157. The molecule has 0 bridgehead atoms. The van der Waals surface area contributed by atoms with E-state index in [1.165, 1.54) is 14.0 Å². The van der Waals surface area contributed by atoms with E-state index >= 15 is 0 Å². The molecule has 3 rings (SSSR count). The summed E-state index contributed by atoms with van der Waals surface area (Å²) in [6.45, 7) is 5.99. The van der Waals surface area contributed by atoms with Crippen LogP contribution in [-0.2, 0) is 25.5 Å². The van der Waals surface area contributed by atoms with Crippen molar-refractivity contribution in [1.29, 1.82) is 0 Å². The molecule has 0 amide bonds. The molecular weight excluding hydrogens is 372 g/mol. The van der Waals surface area contributed by atoms with Gasteiger partial charge in [-0.3, -0.25) is 4.79 Å². The van der Waals surface area contributed by atoms with Crippen LogP contribution >= 0.6 is 0 Å². The van der Waals surface area contributed by atoms with Crippen molar-refractivity contribution in [1.82, 2.24) is 0 Å². The van der Waals surface area contributed by atoms with Gasteiger partial charge >= 0.3 is 11.9 Å². The Morgan fingerprint density at radius 3 is 2.72 bits per heavy atom. The van der Waals surface area contributed by atoms with Crippen molar-refractivity contribution in [3.8, 4) is 0 Å². The minimum atomic E-state index is -0.567. The van der Waals surface area contributed by atoms with Crippen LogP contribution in [0.1, 0.15) is 52.0 Å². The Kier molecular flexibility index (Phi) is 6.22. The Balaban J connectivity index is 1.97. The molecule has 0 radical (unpaired) electrons. The van der Waals surface area contributed by atoms with E-state index in [-0.39, 0.29) is 29.2 Å². The van der Waals surface area contributed by atoms with E-state index in [4.69, 9.17) is 13.9 Å². The van der Waals surface area contributed by atoms with Gasteiger partial charge in [0.2, 0.25) is 0 Å². The number of esters is 2. The molecule has 5 atom stereocenters. The Morgan fingerprint density at radius 1 is 1.34 bits per heavy atom. The average molecular weight is 405 g/mol. The molecule has 0 spiro atoms. The van der Waals surface area contributed by atoms with Gasteiger partial charge in [-0.1, -0.05) is 19.9 Å². The average Bonchev–Trinajstić information content (AvgIpc) is 3.19. The molecule has 29 heavy (non-hydrogen) atoms. The molecule has 0 saturated heterocycles. The van der Waals surface area contributed by atoms with Crippen molar-refractivity contribution in [2.75, 3.05) is 13.7 Å². The quantitative estimate of drug-likeness (QED) is 0.728. The first kappa shape index (κ1) is 21.6. The van der Waals surface area contributed by atoms with Crippen molar-refractivity contribution in [2.45, 2.75) is 59.0 Å². The van der Waals surface area contributed by atoms with E-state index in [0.717, 1.165) is 31.2 Å². The normalized spacial score (nSPS) is 34.1. The van der Waals surface area contributed by atoms with Crippen LogP contribution in [0.2, 0.25) is 0 Å². The fourth-order valence-electron chi connectivity index (χ4n) is 5.84. The summed E-state index contributed by atoms with van der Waals surface area (Å²) in [5, 5.41) is 11.1. The topological polar surface area (TPSA) is 86.0 Å². The van der Waals surface area contributed by atoms with E-state index < -0.39 is 11.5 Å². The number of aliphatic hydroxyl groups is 1. The molecule has 0 aliphatic heterocycles. The number of aryl methyl sites for hydroxylation is 1. The minimum Gasteiger partial charge on any atom is -0.472 e. The number of hydrogen-bond acceptors (Lipinski definition) is 6. The molecule has 6 nitrogen and oxygen atoms in total. The van der Waals surface area contributed by atoms with Crippen LogP contribution in [0.5, 0.6) is 0 Å². The zero-order valence-electron chi connectivity index (χ0n) is 17.8. The summed E-state index contributed by atoms with van der Waals surface area (Å²) < 4.78 is 15.7. The van der Waals surface area contributed by atoms with Crippen molar-refractivity contribution < 1.29 is 28.6 Å². The van der Waals surface area contributed by atoms with Crippen LogP contribution in [0, 0.1) is 22.7 Å². The second-order valence-electron chi connectivity index (χ2n) is 8.98. The van der Waals surface area contributed by atoms with Crippen molar-refractivity contribution in [3.05, 3.63) is 35.8 Å². The smallest absolute Gasteiger partial charge is 0.333 e. The van der Waals surface area contributed by atoms with Gasteiger partial charge in [0.15, 0.2) is 0 Å². The third-order valence-electron chi connectivity index (χ3n) is 7.33. The Hall–Kier alpha value is -2.08. The molecular formula is C23H32O6. The molecule has 1 aromatic heterocycles. The van der Waals surface area contributed by atoms with E-state index in [1.807, 2.05) is 12.1 Å². The van der Waals surface area contributed by atoms with Crippen LogP contribution in [0.3, 0.4) is 0 Å². The van der Waals surface area contributed by atoms with Gasteiger partial charge < -0.3 is 19.0 Å². The standard InChI is InChI=1S/C23H32O6/c1-15(24)29-14-17-8-11-23(3)18(21(26)27-4)5-6-19(25)20(23)22(17,2)10-7-16-9-12-28-13-16/h5,9,12-13,17,19-20,25H,6-8,10-11,14H2,1-4H3/t17-,19-,20+,22-,23-/m0/s1. The Bertz CT molecular complexity index is 766. The zero-order chi connectivity index (χ0) is 21.2. The first-order valence-electron chi connectivity index (χ1n) is 10.3. The number of ether oxygens (including phenoxy) is 2. The maximum absolute atomic E-state index is 12.5. The molecule has 1 saturated carbocycles. The molecule has 2 aliphatic carbocycles. The monoisotopic (exact) mass is 404 g/mol. The highest BCUT2D eigenvalue weighted by molar-refractivity contribution is 5.90. The molecule has 6 heteroatoms. The van der Waals surface area contributed by atoms with Crippen LogP contribution in [0.15, 0.2) is 34.7 Å². The molecule has 0 aromatic carbocycles. The van der Waals surface area contributed by atoms with E-state index in [2.05, 4.69) is 13.8 Å². The maximum atomic E-state index is 12.5. The van der Waals surface area contributed by atoms with Crippen LogP contribution < -0.4 is 0 Å². The summed E-state index contributed by atoms with van der Waals surface area (Å²) in [7, 11) is 1.40. The summed E-state index contributed by atoms with van der Waals surface area (Å²) in [5.41, 5.74) is 0.949. The maximum Gasteiger partial charge on any atom is 0.333 e. The van der Waals surface area contributed by atoms with Gasteiger partial charge in [-0.15, -0.1) is 0 Å². The predicted octanol–water partition coefficient (Wildman–Crippen LogP) is 3.68. The number of hydrogen-bond donors (Lipinski definition) is 1. The van der Waals surface area contributed by atoms with Gasteiger partial charge in [0.05, 0.1) is 32.3 Å². The lowest BCUT2D eigenvalue weighted by Gasteiger charge is -2.59. The fourth-order valence-corrected chi connectivity index (χ4v) is 5.84. The Morgan fingerprint density at radius 2 is 2.10 bits per heavy atom. The van der Waals surface area contributed by atoms with E-state index in [1.54, 1.807) is 12.5 Å². The third-order valence-corrected chi connectivity index (χ3v) is 7.33. The predicted molar refractivity (Wildman–Crippen MR) is 107 cm³/mol. The van der Waals surface area contributed by atoms with E-state index in [9.17, 15) is 14.7 Å². The first-order chi connectivity index (χ1) is 13.7. The van der Waals surface area contributed by atoms with E-state index in [0.29, 0.717) is 18.6 Å². The van der Waals surface area contributed by atoms with Gasteiger partial charge in [-0.2, -0.15) is 0 Å². The number of fused-ring (bicyclic) bond motifs is 1. The fraction of sp³-hybridized carbons (Fsp3) is 0.652. The first-order valence-corrected chi connectivity index (χ1v) is 10.3. The van der Waals surface area contributed by atoms with Crippen molar-refractivity contribution in [3.63, 3.8) is 0 Å². The minimum absolute atomic E-state index is 0.100. The second-order valence-corrected chi connectivity index (χ2v) is 8.98. The van der Waals surface area contributed by atoms with Gasteiger partial charge in [0, 0.05) is 23.8 Å². The summed E-state index contributed by atoms with van der Waals surface area (Å²) in [5.74, 6) is -0.659. The highest BCUT2D eigenvalue weighted by Crippen LogP contribution is 2.62. The van der Waals surface area contributed by atoms with Gasteiger partial charge in [0.25, 0.3) is 0 Å². The lowest BCUT2D eigenvalue weighted by atomic mass is 9.45. The number of methoxy groups -OCH3 is 1. The zero-order valence-corrected chi connectivity index (χ0v) is 17.8. The van der Waals surface area contributed by atoms with Crippen LogP contribution in [0.25, 0.3) is 0 Å². The summed E-state index contributed by atoms with van der Waals surface area (Å²) in [6, 6.07) is 1.95. The van der Waals surface area contributed by atoms with Crippen molar-refractivity contribution >= 4 is 11.9 Å². The van der Waals surface area contributed by atoms with Gasteiger partial charge in [0.1, 0.15) is 0 Å². The van der Waals surface area contributed by atoms with Crippen LogP contribution in [0.4, 0.5) is 0 Å². The second kappa shape index (κ2) is 8.34. The summed E-state index contributed by atoms with van der Waals surface area (Å²) in [4.78, 5) is 24.0. The molecule has 1 heterocycles. The number of rotatable bonds is 6. The Labute approximate surface area is 172 Å². The van der Waals surface area contributed by atoms with Gasteiger partial charge in [-0.25, -0.2) is 4.79 Å². The molecule has 0 unspecified atom stereocenters. The molecule has 1 N–H and O–H groups in total. The number of carbonyl (C=O) groups excluding carboxylic acids is 2. The molecule has 160 valence electrons.